The summed E-state index contributed by atoms with van der Waals surface area (Å²) in [6.07, 6.45) is 1.63. The second-order valence-corrected chi connectivity index (χ2v) is 7.07. The molecule has 0 atom stereocenters. The minimum absolute atomic E-state index is 0.322. The molecule has 0 unspecified atom stereocenters. The van der Waals surface area contributed by atoms with Crippen molar-refractivity contribution in [3.05, 3.63) is 92.6 Å². The average molecular weight is 463 g/mol. The Kier molecular flexibility index (Phi) is 6.00. The van der Waals surface area contributed by atoms with Gasteiger partial charge in [0.1, 0.15) is 18.2 Å². The number of benzene rings is 3. The number of para-hydroxylation sites is 1. The Morgan fingerprint density at radius 1 is 0.960 bits per heavy atom. The molecule has 0 saturated carbocycles. The third kappa shape index (κ3) is 5.00. The summed E-state index contributed by atoms with van der Waals surface area (Å²) in [5.74, 6) is 0.427. The normalized spacial score (nSPS) is 11.0. The molecule has 0 heterocycles. The SMILES string of the molecule is Fc1ccccc1N=Cc1ccc(OCc2ccc(Br)cc2Br)cc1. The fraction of sp³-hybridized carbons (Fsp3) is 0.0500. The van der Waals surface area contributed by atoms with Gasteiger partial charge in [0.05, 0.1) is 5.69 Å². The number of halogens is 3. The van der Waals surface area contributed by atoms with Gasteiger partial charge in [-0.25, -0.2) is 4.39 Å². The van der Waals surface area contributed by atoms with Crippen molar-refractivity contribution in [3.63, 3.8) is 0 Å². The lowest BCUT2D eigenvalue weighted by Crippen LogP contribution is -1.96. The van der Waals surface area contributed by atoms with Gasteiger partial charge in [0.15, 0.2) is 0 Å². The van der Waals surface area contributed by atoms with Crippen LogP contribution < -0.4 is 4.74 Å². The highest BCUT2D eigenvalue weighted by atomic mass is 79.9. The van der Waals surface area contributed by atoms with Gasteiger partial charge in [-0.15, -0.1) is 0 Å². The third-order valence-corrected chi connectivity index (χ3v) is 4.73. The molecule has 2 nitrogen and oxygen atoms in total. The predicted octanol–water partition coefficient (Wildman–Crippen LogP) is 6.68. The molecule has 25 heavy (non-hydrogen) atoms. The van der Waals surface area contributed by atoms with E-state index >= 15 is 0 Å². The Hall–Kier alpha value is -1.98. The average Bonchev–Trinajstić information content (AvgIpc) is 2.61. The van der Waals surface area contributed by atoms with Crippen molar-refractivity contribution in [2.45, 2.75) is 6.61 Å². The maximum Gasteiger partial charge on any atom is 0.148 e. The molecular weight excluding hydrogens is 449 g/mol. The standard InChI is InChI=1S/C20H14Br2FNO/c21-16-8-7-15(18(22)11-16)13-25-17-9-5-14(6-10-17)12-24-20-4-2-1-3-19(20)23/h1-12H,13H2. The molecule has 0 fully saturated rings. The van der Waals surface area contributed by atoms with E-state index in [0.29, 0.717) is 12.3 Å². The summed E-state index contributed by atoms with van der Waals surface area (Å²) < 4.78 is 21.3. The van der Waals surface area contributed by atoms with Gasteiger partial charge in [-0.1, -0.05) is 50.1 Å². The molecule has 0 radical (unpaired) electrons. The van der Waals surface area contributed by atoms with Crippen LogP contribution in [0.2, 0.25) is 0 Å². The van der Waals surface area contributed by atoms with Crippen LogP contribution in [0.4, 0.5) is 10.1 Å². The Morgan fingerprint density at radius 2 is 1.72 bits per heavy atom. The predicted molar refractivity (Wildman–Crippen MR) is 106 cm³/mol. The smallest absolute Gasteiger partial charge is 0.148 e. The van der Waals surface area contributed by atoms with Gasteiger partial charge in [-0.05, 0) is 54.1 Å². The first-order chi connectivity index (χ1) is 12.1. The lowest BCUT2D eigenvalue weighted by atomic mass is 10.2. The topological polar surface area (TPSA) is 21.6 Å². The zero-order valence-corrected chi connectivity index (χ0v) is 16.3. The van der Waals surface area contributed by atoms with Crippen LogP contribution in [-0.2, 0) is 6.61 Å². The number of aliphatic imine (C=N–C) groups is 1. The summed E-state index contributed by atoms with van der Waals surface area (Å²) >= 11 is 6.95. The number of rotatable bonds is 5. The lowest BCUT2D eigenvalue weighted by Gasteiger charge is -2.08. The number of nitrogens with zero attached hydrogens (tertiary/aromatic N) is 1. The van der Waals surface area contributed by atoms with Crippen molar-refractivity contribution in [2.75, 3.05) is 0 Å². The van der Waals surface area contributed by atoms with Gasteiger partial charge in [-0.3, -0.25) is 4.99 Å². The van der Waals surface area contributed by atoms with E-state index in [0.717, 1.165) is 25.8 Å². The summed E-state index contributed by atoms with van der Waals surface area (Å²) in [7, 11) is 0. The minimum Gasteiger partial charge on any atom is -0.489 e. The Labute approximate surface area is 162 Å². The summed E-state index contributed by atoms with van der Waals surface area (Å²) in [5, 5.41) is 0. The molecule has 0 N–H and O–H groups in total. The first-order valence-electron chi connectivity index (χ1n) is 7.57. The van der Waals surface area contributed by atoms with E-state index in [2.05, 4.69) is 36.9 Å². The highest BCUT2D eigenvalue weighted by Gasteiger charge is 2.02. The summed E-state index contributed by atoms with van der Waals surface area (Å²) in [6, 6.07) is 19.9. The highest BCUT2D eigenvalue weighted by Crippen LogP contribution is 2.23. The molecule has 0 aliphatic rings. The molecule has 0 spiro atoms. The second-order valence-electron chi connectivity index (χ2n) is 5.30. The lowest BCUT2D eigenvalue weighted by molar-refractivity contribution is 0.305. The largest absolute Gasteiger partial charge is 0.489 e. The Morgan fingerprint density at radius 3 is 2.44 bits per heavy atom. The van der Waals surface area contributed by atoms with Gasteiger partial charge in [0.2, 0.25) is 0 Å². The summed E-state index contributed by atoms with van der Waals surface area (Å²) in [6.45, 7) is 0.469. The third-order valence-electron chi connectivity index (χ3n) is 3.49. The van der Waals surface area contributed by atoms with Crippen LogP contribution in [-0.4, -0.2) is 6.21 Å². The van der Waals surface area contributed by atoms with Gasteiger partial charge in [-0.2, -0.15) is 0 Å². The van der Waals surface area contributed by atoms with Crippen LogP contribution >= 0.6 is 31.9 Å². The van der Waals surface area contributed by atoms with E-state index in [9.17, 15) is 4.39 Å². The van der Waals surface area contributed by atoms with E-state index in [1.807, 2.05) is 42.5 Å². The van der Waals surface area contributed by atoms with E-state index in [-0.39, 0.29) is 5.82 Å². The number of hydrogen-bond acceptors (Lipinski definition) is 2. The van der Waals surface area contributed by atoms with Crippen LogP contribution in [0.1, 0.15) is 11.1 Å². The number of ether oxygens (including phenoxy) is 1. The summed E-state index contributed by atoms with van der Waals surface area (Å²) in [5.41, 5.74) is 2.26. The fourth-order valence-electron chi connectivity index (χ4n) is 2.15. The van der Waals surface area contributed by atoms with Crippen molar-refractivity contribution in [2.24, 2.45) is 4.99 Å². The summed E-state index contributed by atoms with van der Waals surface area (Å²) in [4.78, 5) is 4.17. The van der Waals surface area contributed by atoms with Crippen molar-refractivity contribution < 1.29 is 9.13 Å². The minimum atomic E-state index is -0.334. The molecule has 3 aromatic rings. The van der Waals surface area contributed by atoms with Crippen LogP contribution in [0.5, 0.6) is 5.75 Å². The molecule has 3 aromatic carbocycles. The molecular formula is C20H14Br2FNO. The van der Waals surface area contributed by atoms with E-state index in [1.54, 1.807) is 24.4 Å². The molecule has 0 aliphatic carbocycles. The van der Waals surface area contributed by atoms with Crippen molar-refractivity contribution in [1.29, 1.82) is 0 Å². The quantitative estimate of drug-likeness (QED) is 0.387. The second kappa shape index (κ2) is 8.41. The van der Waals surface area contributed by atoms with Crippen LogP contribution in [0.25, 0.3) is 0 Å². The molecule has 0 aliphatic heterocycles. The maximum atomic E-state index is 13.5. The molecule has 0 bridgehead atoms. The van der Waals surface area contributed by atoms with E-state index in [1.165, 1.54) is 6.07 Å². The number of hydrogen-bond donors (Lipinski definition) is 0. The molecule has 0 amide bonds. The Bertz CT molecular complexity index is 894. The maximum absolute atomic E-state index is 13.5. The van der Waals surface area contributed by atoms with Crippen LogP contribution in [0, 0.1) is 5.82 Å². The van der Waals surface area contributed by atoms with Crippen LogP contribution in [0.3, 0.4) is 0 Å². The molecule has 126 valence electrons. The van der Waals surface area contributed by atoms with E-state index in [4.69, 9.17) is 4.74 Å². The van der Waals surface area contributed by atoms with Crippen molar-refractivity contribution in [1.82, 2.24) is 0 Å². The first kappa shape index (κ1) is 17.8. The first-order valence-corrected chi connectivity index (χ1v) is 9.16. The molecule has 3 rings (SSSR count). The van der Waals surface area contributed by atoms with Gasteiger partial charge >= 0.3 is 0 Å². The van der Waals surface area contributed by atoms with Gasteiger partial charge in [0, 0.05) is 20.7 Å². The monoisotopic (exact) mass is 461 g/mol. The van der Waals surface area contributed by atoms with E-state index < -0.39 is 0 Å². The van der Waals surface area contributed by atoms with Crippen LogP contribution in [0.15, 0.2) is 80.7 Å². The highest BCUT2D eigenvalue weighted by molar-refractivity contribution is 9.11. The van der Waals surface area contributed by atoms with Gasteiger partial charge < -0.3 is 4.74 Å². The fourth-order valence-corrected chi connectivity index (χ4v) is 3.31. The van der Waals surface area contributed by atoms with Crippen molar-refractivity contribution in [3.8, 4) is 5.75 Å². The Balaban J connectivity index is 1.63. The molecule has 0 aromatic heterocycles. The molecule has 5 heteroatoms. The zero-order chi connectivity index (χ0) is 17.6. The molecule has 0 saturated heterocycles. The van der Waals surface area contributed by atoms with Crippen molar-refractivity contribution >= 4 is 43.8 Å². The van der Waals surface area contributed by atoms with Gasteiger partial charge in [0.25, 0.3) is 0 Å². The zero-order valence-electron chi connectivity index (χ0n) is 13.1.